The van der Waals surface area contributed by atoms with Gasteiger partial charge in [-0.15, -0.1) is 0 Å². The van der Waals surface area contributed by atoms with Gasteiger partial charge < -0.3 is 4.74 Å². The molecule has 0 radical (unpaired) electrons. The Morgan fingerprint density at radius 2 is 2.09 bits per heavy atom. The van der Waals surface area contributed by atoms with Crippen LogP contribution >= 0.6 is 0 Å². The molecule has 2 nitrogen and oxygen atoms in total. The van der Waals surface area contributed by atoms with Crippen molar-refractivity contribution in [1.82, 2.24) is 0 Å². The van der Waals surface area contributed by atoms with Crippen molar-refractivity contribution in [2.24, 2.45) is 28.6 Å². The molecule has 23 heavy (non-hydrogen) atoms. The number of rotatable bonds is 5. The molecule has 130 valence electrons. The van der Waals surface area contributed by atoms with Gasteiger partial charge in [-0.3, -0.25) is 4.79 Å². The van der Waals surface area contributed by atoms with E-state index in [-0.39, 0.29) is 5.97 Å². The highest BCUT2D eigenvalue weighted by molar-refractivity contribution is 5.69. The van der Waals surface area contributed by atoms with Gasteiger partial charge in [0.15, 0.2) is 0 Å². The minimum atomic E-state index is -0.0947. The van der Waals surface area contributed by atoms with Gasteiger partial charge in [-0.05, 0) is 54.3 Å². The lowest BCUT2D eigenvalue weighted by Crippen LogP contribution is -2.47. The maximum Gasteiger partial charge on any atom is 0.305 e. The van der Waals surface area contributed by atoms with Gasteiger partial charge in [0.1, 0.15) is 0 Å². The second-order valence-electron chi connectivity index (χ2n) is 8.78. The summed E-state index contributed by atoms with van der Waals surface area (Å²) in [5.41, 5.74) is 1.98. The average Bonchev–Trinajstić information content (AvgIpc) is 2.45. The lowest BCUT2D eigenvalue weighted by atomic mass is 9.49. The zero-order valence-corrected chi connectivity index (χ0v) is 15.7. The van der Waals surface area contributed by atoms with Crippen molar-refractivity contribution in [3.05, 3.63) is 24.3 Å². The molecule has 0 aromatic carbocycles. The average molecular weight is 319 g/mol. The summed E-state index contributed by atoms with van der Waals surface area (Å²) in [7, 11) is 1.47. The van der Waals surface area contributed by atoms with Crippen LogP contribution in [0.1, 0.15) is 66.2 Å². The molecule has 0 spiro atoms. The quantitative estimate of drug-likeness (QED) is 0.622. The summed E-state index contributed by atoms with van der Waals surface area (Å²) in [6, 6.07) is 0. The summed E-state index contributed by atoms with van der Waals surface area (Å²) in [6.45, 7) is 13.8. The second-order valence-corrected chi connectivity index (χ2v) is 8.78. The number of esters is 1. The SMILES string of the molecule is C=C1C=C[C@H]2C(C)(C)CCC[C@]2(C)[C@H]1CC[C@@H](C)CC(=O)OC. The number of hydrogen-bond donors (Lipinski definition) is 0. The fourth-order valence-electron chi connectivity index (χ4n) is 5.20. The Hall–Kier alpha value is -1.05. The fourth-order valence-corrected chi connectivity index (χ4v) is 5.20. The molecule has 2 aliphatic rings. The molecule has 4 atom stereocenters. The van der Waals surface area contributed by atoms with Crippen LogP contribution < -0.4 is 0 Å². The molecule has 0 aliphatic heterocycles. The van der Waals surface area contributed by atoms with Crippen LogP contribution in [0.3, 0.4) is 0 Å². The van der Waals surface area contributed by atoms with Gasteiger partial charge in [0.25, 0.3) is 0 Å². The number of methoxy groups -OCH3 is 1. The predicted molar refractivity (Wildman–Crippen MR) is 96.0 cm³/mol. The van der Waals surface area contributed by atoms with E-state index in [9.17, 15) is 4.79 Å². The third kappa shape index (κ3) is 3.72. The van der Waals surface area contributed by atoms with E-state index in [0.717, 1.165) is 12.8 Å². The molecule has 2 heteroatoms. The van der Waals surface area contributed by atoms with Crippen LogP contribution in [0.2, 0.25) is 0 Å². The number of carbonyl (C=O) groups excluding carboxylic acids is 1. The van der Waals surface area contributed by atoms with Gasteiger partial charge >= 0.3 is 5.97 Å². The van der Waals surface area contributed by atoms with Crippen LogP contribution in [0.15, 0.2) is 24.3 Å². The van der Waals surface area contributed by atoms with E-state index >= 15 is 0 Å². The maximum atomic E-state index is 11.5. The van der Waals surface area contributed by atoms with Crippen molar-refractivity contribution >= 4 is 5.97 Å². The first-order chi connectivity index (χ1) is 10.7. The van der Waals surface area contributed by atoms with E-state index in [1.807, 2.05) is 0 Å². The summed E-state index contributed by atoms with van der Waals surface area (Å²) in [5, 5.41) is 0. The van der Waals surface area contributed by atoms with Crippen LogP contribution in [-0.2, 0) is 9.53 Å². The Balaban J connectivity index is 2.10. The fraction of sp³-hybridized carbons (Fsp3) is 0.762. The molecule has 0 aromatic rings. The highest BCUT2D eigenvalue weighted by Gasteiger charge is 2.50. The Labute approximate surface area is 142 Å². The molecule has 0 N–H and O–H groups in total. The maximum absolute atomic E-state index is 11.5. The first-order valence-corrected chi connectivity index (χ1v) is 9.14. The molecule has 0 amide bonds. The molecule has 1 saturated carbocycles. The summed E-state index contributed by atoms with van der Waals surface area (Å²) in [6.07, 6.45) is 11.3. The highest BCUT2D eigenvalue weighted by atomic mass is 16.5. The van der Waals surface area contributed by atoms with Gasteiger partial charge in [-0.1, -0.05) is 58.4 Å². The van der Waals surface area contributed by atoms with Gasteiger partial charge in [0.2, 0.25) is 0 Å². The first kappa shape index (κ1) is 18.3. The Bertz CT molecular complexity index is 488. The summed E-state index contributed by atoms with van der Waals surface area (Å²) in [5.74, 6) is 1.45. The smallest absolute Gasteiger partial charge is 0.305 e. The van der Waals surface area contributed by atoms with Gasteiger partial charge in [0, 0.05) is 6.42 Å². The van der Waals surface area contributed by atoms with Gasteiger partial charge in [0.05, 0.1) is 7.11 Å². The van der Waals surface area contributed by atoms with Crippen molar-refractivity contribution in [1.29, 1.82) is 0 Å². The van der Waals surface area contributed by atoms with Crippen molar-refractivity contribution in [3.8, 4) is 0 Å². The predicted octanol–water partition coefficient (Wildman–Crippen LogP) is 5.54. The topological polar surface area (TPSA) is 26.3 Å². The molecule has 0 heterocycles. The molecule has 2 rings (SSSR count). The van der Waals surface area contributed by atoms with Crippen LogP contribution in [0.4, 0.5) is 0 Å². The van der Waals surface area contributed by atoms with E-state index in [4.69, 9.17) is 4.74 Å². The zero-order valence-electron chi connectivity index (χ0n) is 15.7. The van der Waals surface area contributed by atoms with Crippen molar-refractivity contribution in [2.75, 3.05) is 7.11 Å². The minimum absolute atomic E-state index is 0.0947. The largest absolute Gasteiger partial charge is 0.469 e. The third-order valence-corrected chi connectivity index (χ3v) is 6.53. The molecular formula is C21H34O2. The summed E-state index contributed by atoms with van der Waals surface area (Å²) < 4.78 is 4.80. The second kappa shape index (κ2) is 6.83. The monoisotopic (exact) mass is 318 g/mol. The standard InChI is InChI=1S/C21H34O2/c1-15(14-19(22)23-6)8-10-17-16(2)9-11-18-20(3,4)12-7-13-21(17,18)5/h9,11,15,17-18H,2,7-8,10,12-14H2,1,3-6H3/t15-,17+,18+,21-/m1/s1. The van der Waals surface area contributed by atoms with Gasteiger partial charge in [-0.2, -0.15) is 0 Å². The molecule has 0 bridgehead atoms. The van der Waals surface area contributed by atoms with Crippen LogP contribution in [0, 0.1) is 28.6 Å². The lowest BCUT2D eigenvalue weighted by Gasteiger charge is -2.56. The Morgan fingerprint density at radius 3 is 2.74 bits per heavy atom. The van der Waals surface area contributed by atoms with E-state index in [0.29, 0.717) is 35.0 Å². The summed E-state index contributed by atoms with van der Waals surface area (Å²) in [4.78, 5) is 11.5. The minimum Gasteiger partial charge on any atom is -0.469 e. The molecule has 1 fully saturated rings. The van der Waals surface area contributed by atoms with Crippen molar-refractivity contribution in [3.63, 3.8) is 0 Å². The normalized spacial score (nSPS) is 33.9. The molecular weight excluding hydrogens is 284 g/mol. The van der Waals surface area contributed by atoms with E-state index in [1.165, 1.54) is 31.9 Å². The zero-order chi connectivity index (χ0) is 17.3. The van der Waals surface area contributed by atoms with E-state index in [2.05, 4.69) is 46.4 Å². The number of allylic oxidation sites excluding steroid dienone is 3. The van der Waals surface area contributed by atoms with E-state index < -0.39 is 0 Å². The molecule has 2 aliphatic carbocycles. The van der Waals surface area contributed by atoms with Crippen molar-refractivity contribution in [2.45, 2.75) is 66.2 Å². The highest BCUT2D eigenvalue weighted by Crippen LogP contribution is 2.59. The lowest BCUT2D eigenvalue weighted by molar-refractivity contribution is -0.141. The van der Waals surface area contributed by atoms with Crippen LogP contribution in [0.5, 0.6) is 0 Å². The first-order valence-electron chi connectivity index (χ1n) is 9.14. The van der Waals surface area contributed by atoms with Gasteiger partial charge in [-0.25, -0.2) is 0 Å². The third-order valence-electron chi connectivity index (χ3n) is 6.53. The van der Waals surface area contributed by atoms with Crippen LogP contribution in [0.25, 0.3) is 0 Å². The van der Waals surface area contributed by atoms with Crippen molar-refractivity contribution < 1.29 is 9.53 Å². The summed E-state index contributed by atoms with van der Waals surface area (Å²) >= 11 is 0. The Kier molecular flexibility index (Phi) is 5.43. The van der Waals surface area contributed by atoms with E-state index in [1.54, 1.807) is 0 Å². The van der Waals surface area contributed by atoms with Crippen LogP contribution in [-0.4, -0.2) is 13.1 Å². The number of ether oxygens (including phenoxy) is 1. The number of hydrogen-bond acceptors (Lipinski definition) is 2. The molecule has 0 aromatic heterocycles. The molecule has 0 saturated heterocycles. The number of carbonyl (C=O) groups is 1. The Morgan fingerprint density at radius 1 is 1.39 bits per heavy atom. The number of fused-ring (bicyclic) bond motifs is 1. The molecule has 0 unspecified atom stereocenters.